The standard InChI is InChI=1S/C18H23N5O2/c1-19-20-22(4)13-10-12-6-5-7-14-16(12)15(11-13)18(25)23(17(14)24)9-8-21(2)3/h5-7,10-11,19-20H,8-9H2,1-4H3. The van der Waals surface area contributed by atoms with Gasteiger partial charge in [0.05, 0.1) is 11.3 Å². The molecule has 2 aromatic carbocycles. The van der Waals surface area contributed by atoms with Gasteiger partial charge in [-0.3, -0.25) is 19.5 Å². The second-order valence-corrected chi connectivity index (χ2v) is 6.38. The summed E-state index contributed by atoms with van der Waals surface area (Å²) in [6, 6.07) is 9.36. The normalized spacial score (nSPS) is 13.9. The summed E-state index contributed by atoms with van der Waals surface area (Å²) in [5.41, 5.74) is 7.81. The number of anilines is 1. The van der Waals surface area contributed by atoms with Crippen molar-refractivity contribution >= 4 is 28.3 Å². The van der Waals surface area contributed by atoms with E-state index in [9.17, 15) is 9.59 Å². The number of benzene rings is 2. The van der Waals surface area contributed by atoms with Crippen molar-refractivity contribution in [1.82, 2.24) is 20.8 Å². The lowest BCUT2D eigenvalue weighted by Gasteiger charge is -2.29. The van der Waals surface area contributed by atoms with Crippen molar-refractivity contribution in [2.24, 2.45) is 0 Å². The van der Waals surface area contributed by atoms with Gasteiger partial charge in [0, 0.05) is 38.1 Å². The minimum atomic E-state index is -0.241. The molecule has 0 saturated carbocycles. The summed E-state index contributed by atoms with van der Waals surface area (Å²) >= 11 is 0. The molecule has 1 aliphatic rings. The van der Waals surface area contributed by atoms with Gasteiger partial charge in [-0.15, -0.1) is 0 Å². The molecule has 2 amide bonds. The number of rotatable bonds is 6. The number of hydrogen-bond donors (Lipinski definition) is 2. The van der Waals surface area contributed by atoms with Gasteiger partial charge in [-0.2, -0.15) is 5.53 Å². The van der Waals surface area contributed by atoms with E-state index < -0.39 is 0 Å². The van der Waals surface area contributed by atoms with Crippen molar-refractivity contribution in [3.05, 3.63) is 41.5 Å². The van der Waals surface area contributed by atoms with E-state index in [1.807, 2.05) is 50.3 Å². The Labute approximate surface area is 147 Å². The number of nitrogens with one attached hydrogen (secondary N) is 2. The molecule has 0 atom stereocenters. The third kappa shape index (κ3) is 3.09. The van der Waals surface area contributed by atoms with Crippen molar-refractivity contribution in [2.75, 3.05) is 46.3 Å². The van der Waals surface area contributed by atoms with E-state index in [0.717, 1.165) is 16.5 Å². The number of amides is 2. The first-order valence-corrected chi connectivity index (χ1v) is 8.18. The van der Waals surface area contributed by atoms with Crippen LogP contribution in [0.25, 0.3) is 10.8 Å². The number of carbonyl (C=O) groups excluding carboxylic acids is 2. The number of hydrazine groups is 2. The van der Waals surface area contributed by atoms with Crippen molar-refractivity contribution in [2.45, 2.75) is 0 Å². The molecule has 0 bridgehead atoms. The van der Waals surface area contributed by atoms with E-state index >= 15 is 0 Å². The van der Waals surface area contributed by atoms with Gasteiger partial charge < -0.3 is 4.90 Å². The minimum absolute atomic E-state index is 0.223. The second-order valence-electron chi connectivity index (χ2n) is 6.38. The first kappa shape index (κ1) is 17.3. The van der Waals surface area contributed by atoms with E-state index in [1.165, 1.54) is 4.90 Å². The quantitative estimate of drug-likeness (QED) is 0.605. The third-order valence-electron chi connectivity index (χ3n) is 4.35. The van der Waals surface area contributed by atoms with E-state index in [0.29, 0.717) is 24.2 Å². The van der Waals surface area contributed by atoms with Crippen LogP contribution in [-0.2, 0) is 0 Å². The van der Waals surface area contributed by atoms with Gasteiger partial charge in [-0.25, -0.2) is 5.43 Å². The Bertz CT molecular complexity index is 834. The largest absolute Gasteiger partial charge is 0.308 e. The SMILES string of the molecule is CNNN(C)c1cc2c3c(cccc3c1)C(=O)N(CCN(C)C)C2=O. The van der Waals surface area contributed by atoms with E-state index in [1.54, 1.807) is 18.1 Å². The molecule has 7 heteroatoms. The Hall–Kier alpha value is -2.48. The van der Waals surface area contributed by atoms with Crippen LogP contribution < -0.4 is 16.0 Å². The molecule has 0 fully saturated rings. The van der Waals surface area contributed by atoms with Crippen LogP contribution in [0.1, 0.15) is 20.7 Å². The van der Waals surface area contributed by atoms with Gasteiger partial charge in [0.1, 0.15) is 0 Å². The smallest absolute Gasteiger partial charge is 0.261 e. The fourth-order valence-electron chi connectivity index (χ4n) is 3.07. The molecule has 1 aliphatic heterocycles. The second kappa shape index (κ2) is 6.79. The monoisotopic (exact) mass is 341 g/mol. The lowest BCUT2D eigenvalue weighted by molar-refractivity contribution is 0.0601. The molecule has 3 rings (SSSR count). The average Bonchev–Trinajstić information content (AvgIpc) is 2.59. The summed E-state index contributed by atoms with van der Waals surface area (Å²) in [7, 11) is 7.47. The predicted octanol–water partition coefficient (Wildman–Crippen LogP) is 1.07. The van der Waals surface area contributed by atoms with Crippen LogP contribution in [0.2, 0.25) is 0 Å². The fourth-order valence-corrected chi connectivity index (χ4v) is 3.07. The summed E-state index contributed by atoms with van der Waals surface area (Å²) in [6.07, 6.45) is 0. The first-order chi connectivity index (χ1) is 11.9. The van der Waals surface area contributed by atoms with E-state index in [4.69, 9.17) is 0 Å². The highest BCUT2D eigenvalue weighted by atomic mass is 16.2. The maximum atomic E-state index is 13.0. The number of hydrogen-bond acceptors (Lipinski definition) is 6. The summed E-state index contributed by atoms with van der Waals surface area (Å²) in [4.78, 5) is 29.1. The first-order valence-electron chi connectivity index (χ1n) is 8.18. The molecular formula is C18H23N5O2. The molecule has 132 valence electrons. The molecule has 7 nitrogen and oxygen atoms in total. The van der Waals surface area contributed by atoms with Gasteiger partial charge in [-0.1, -0.05) is 12.1 Å². The molecule has 2 N–H and O–H groups in total. The van der Waals surface area contributed by atoms with Crippen molar-refractivity contribution in [1.29, 1.82) is 0 Å². The highest BCUT2D eigenvalue weighted by molar-refractivity contribution is 6.26. The van der Waals surface area contributed by atoms with Gasteiger partial charge >= 0.3 is 0 Å². The molecular weight excluding hydrogens is 318 g/mol. The van der Waals surface area contributed by atoms with Crippen LogP contribution >= 0.6 is 0 Å². The van der Waals surface area contributed by atoms with Crippen LogP contribution in [0, 0.1) is 0 Å². The number of imide groups is 1. The average molecular weight is 341 g/mol. The fraction of sp³-hybridized carbons (Fsp3) is 0.333. The van der Waals surface area contributed by atoms with E-state index in [-0.39, 0.29) is 11.8 Å². The topological polar surface area (TPSA) is 67.9 Å². The lowest BCUT2D eigenvalue weighted by Crippen LogP contribution is -2.44. The molecule has 0 unspecified atom stereocenters. The van der Waals surface area contributed by atoms with Gasteiger partial charge in [0.2, 0.25) is 0 Å². The maximum Gasteiger partial charge on any atom is 0.261 e. The van der Waals surface area contributed by atoms with E-state index in [2.05, 4.69) is 11.0 Å². The Morgan fingerprint density at radius 2 is 1.76 bits per heavy atom. The predicted molar refractivity (Wildman–Crippen MR) is 98.5 cm³/mol. The summed E-state index contributed by atoms with van der Waals surface area (Å²) < 4.78 is 0. The van der Waals surface area contributed by atoms with Crippen LogP contribution in [0.5, 0.6) is 0 Å². The maximum absolute atomic E-state index is 13.0. The highest BCUT2D eigenvalue weighted by Gasteiger charge is 2.33. The van der Waals surface area contributed by atoms with Crippen LogP contribution in [0.15, 0.2) is 30.3 Å². The zero-order valence-electron chi connectivity index (χ0n) is 15.0. The molecule has 2 aromatic rings. The Balaban J connectivity index is 2.12. The lowest BCUT2D eigenvalue weighted by atomic mass is 9.93. The molecule has 0 radical (unpaired) electrons. The molecule has 0 saturated heterocycles. The summed E-state index contributed by atoms with van der Waals surface area (Å²) in [5.74, 6) is -0.463. The number of nitrogens with zero attached hydrogens (tertiary/aromatic N) is 3. The number of likely N-dealkylation sites (N-methyl/N-ethyl adjacent to an activating group) is 1. The molecule has 0 spiro atoms. The molecule has 0 aromatic heterocycles. The highest BCUT2D eigenvalue weighted by Crippen LogP contribution is 2.33. The van der Waals surface area contributed by atoms with Crippen molar-refractivity contribution < 1.29 is 9.59 Å². The molecule has 0 aliphatic carbocycles. The van der Waals surface area contributed by atoms with Crippen molar-refractivity contribution in [3.63, 3.8) is 0 Å². The molecule has 25 heavy (non-hydrogen) atoms. The Kier molecular flexibility index (Phi) is 4.71. The zero-order chi connectivity index (χ0) is 18.1. The third-order valence-corrected chi connectivity index (χ3v) is 4.35. The van der Waals surface area contributed by atoms with Crippen LogP contribution in [0.4, 0.5) is 5.69 Å². The van der Waals surface area contributed by atoms with Gasteiger partial charge in [0.25, 0.3) is 11.8 Å². The van der Waals surface area contributed by atoms with Crippen LogP contribution in [-0.4, -0.2) is 62.9 Å². The molecule has 1 heterocycles. The minimum Gasteiger partial charge on any atom is -0.308 e. The Morgan fingerprint density at radius 3 is 2.44 bits per heavy atom. The van der Waals surface area contributed by atoms with Crippen LogP contribution in [0.3, 0.4) is 0 Å². The zero-order valence-corrected chi connectivity index (χ0v) is 15.0. The van der Waals surface area contributed by atoms with Gasteiger partial charge in [0.15, 0.2) is 0 Å². The summed E-state index contributed by atoms with van der Waals surface area (Å²) in [6.45, 7) is 0.999. The van der Waals surface area contributed by atoms with Gasteiger partial charge in [-0.05, 0) is 37.7 Å². The summed E-state index contributed by atoms with van der Waals surface area (Å²) in [5, 5.41) is 3.40. The Morgan fingerprint density at radius 1 is 1.04 bits per heavy atom. The number of carbonyl (C=O) groups is 2. The van der Waals surface area contributed by atoms with Crippen molar-refractivity contribution in [3.8, 4) is 0 Å².